The van der Waals surface area contributed by atoms with E-state index in [0.717, 1.165) is 12.0 Å². The first-order valence-electron chi connectivity index (χ1n) is 11.8. The molecule has 3 rings (SSSR count). The third-order valence-corrected chi connectivity index (χ3v) is 4.94. The Morgan fingerprint density at radius 1 is 1.03 bits per heavy atom. The molecule has 1 heterocycles. The monoisotopic (exact) mass is 500 g/mol. The first-order valence-corrected chi connectivity index (χ1v) is 11.8. The molecule has 1 N–H and O–H groups in total. The minimum atomic E-state index is -0.593. The Hall–Kier alpha value is -4.77. The first kappa shape index (κ1) is 26.8. The Bertz CT molecular complexity index is 1300. The molecule has 0 aliphatic heterocycles. The standard InChI is InChI=1S/C29H28N2O6/c1-3-15-36-25-10-6-5-8-22(25)12-14-28(32)37-26-13-11-21(18-27(26)34-4-2)17-23(19-30)29(33)31-20-24-9-7-16-35-24/h5-14,16-18H,3-4,15,20H2,1-2H3,(H,31,33)/b14-12+,23-17+. The highest BCUT2D eigenvalue weighted by Gasteiger charge is 2.13. The minimum Gasteiger partial charge on any atom is -0.493 e. The van der Waals surface area contributed by atoms with Gasteiger partial charge >= 0.3 is 5.97 Å². The van der Waals surface area contributed by atoms with Gasteiger partial charge in [-0.1, -0.05) is 31.2 Å². The van der Waals surface area contributed by atoms with Gasteiger partial charge in [0.2, 0.25) is 0 Å². The summed E-state index contributed by atoms with van der Waals surface area (Å²) in [5.41, 5.74) is 1.20. The molecule has 0 atom stereocenters. The Balaban J connectivity index is 1.72. The first-order chi connectivity index (χ1) is 18.0. The minimum absolute atomic E-state index is 0.0920. The van der Waals surface area contributed by atoms with Crippen LogP contribution in [0.4, 0.5) is 0 Å². The van der Waals surface area contributed by atoms with Crippen molar-refractivity contribution in [3.63, 3.8) is 0 Å². The molecule has 37 heavy (non-hydrogen) atoms. The van der Waals surface area contributed by atoms with Gasteiger partial charge in [-0.05, 0) is 61.4 Å². The predicted molar refractivity (Wildman–Crippen MR) is 139 cm³/mol. The maximum Gasteiger partial charge on any atom is 0.336 e. The quantitative estimate of drug-likeness (QED) is 0.155. The number of furan rings is 1. The second-order valence-electron chi connectivity index (χ2n) is 7.71. The summed E-state index contributed by atoms with van der Waals surface area (Å²) in [6.45, 7) is 4.87. The second-order valence-corrected chi connectivity index (χ2v) is 7.71. The third kappa shape index (κ3) is 8.15. The SMILES string of the molecule is CCCOc1ccccc1/C=C/C(=O)Oc1ccc(/C=C(\C#N)C(=O)NCc2ccco2)cc1OCC. The topological polar surface area (TPSA) is 111 Å². The molecule has 8 heteroatoms. The highest BCUT2D eigenvalue weighted by molar-refractivity contribution is 6.01. The van der Waals surface area contributed by atoms with Crippen molar-refractivity contribution in [1.29, 1.82) is 5.26 Å². The molecular formula is C29H28N2O6. The number of hydrogen-bond donors (Lipinski definition) is 1. The Morgan fingerprint density at radius 2 is 1.86 bits per heavy atom. The molecule has 8 nitrogen and oxygen atoms in total. The van der Waals surface area contributed by atoms with Crippen LogP contribution >= 0.6 is 0 Å². The zero-order valence-corrected chi connectivity index (χ0v) is 20.7. The number of carbonyl (C=O) groups is 2. The second kappa shape index (κ2) is 14.0. The van der Waals surface area contributed by atoms with Crippen LogP contribution in [0.1, 0.15) is 37.2 Å². The zero-order valence-electron chi connectivity index (χ0n) is 20.7. The number of para-hydroxylation sites is 1. The Kier molecular flexibility index (Phi) is 10.1. The molecule has 0 aliphatic rings. The van der Waals surface area contributed by atoms with Crippen molar-refractivity contribution >= 4 is 24.0 Å². The van der Waals surface area contributed by atoms with E-state index < -0.39 is 11.9 Å². The van der Waals surface area contributed by atoms with Crippen LogP contribution in [0, 0.1) is 11.3 Å². The summed E-state index contributed by atoms with van der Waals surface area (Å²) >= 11 is 0. The fraction of sp³-hybridized carbons (Fsp3) is 0.207. The number of esters is 1. The van der Waals surface area contributed by atoms with E-state index in [1.165, 1.54) is 18.4 Å². The number of ether oxygens (including phenoxy) is 3. The molecule has 1 aromatic heterocycles. The van der Waals surface area contributed by atoms with Crippen molar-refractivity contribution in [2.75, 3.05) is 13.2 Å². The van der Waals surface area contributed by atoms with Crippen LogP contribution in [0.2, 0.25) is 0 Å². The number of hydrogen-bond acceptors (Lipinski definition) is 7. The number of benzene rings is 2. The molecule has 0 unspecified atom stereocenters. The normalized spacial score (nSPS) is 11.1. The average molecular weight is 501 g/mol. The molecule has 0 saturated heterocycles. The molecule has 190 valence electrons. The largest absolute Gasteiger partial charge is 0.493 e. The van der Waals surface area contributed by atoms with Gasteiger partial charge in [0.15, 0.2) is 11.5 Å². The van der Waals surface area contributed by atoms with Crippen LogP contribution < -0.4 is 19.5 Å². The molecule has 0 fully saturated rings. The van der Waals surface area contributed by atoms with Crippen molar-refractivity contribution in [3.8, 4) is 23.3 Å². The number of carbonyl (C=O) groups excluding carboxylic acids is 2. The lowest BCUT2D eigenvalue weighted by Gasteiger charge is -2.11. The molecular weight excluding hydrogens is 472 g/mol. The van der Waals surface area contributed by atoms with Crippen molar-refractivity contribution < 1.29 is 28.2 Å². The Labute approximate surface area is 215 Å². The van der Waals surface area contributed by atoms with Gasteiger partial charge < -0.3 is 23.9 Å². The van der Waals surface area contributed by atoms with Gasteiger partial charge in [-0.15, -0.1) is 0 Å². The molecule has 0 spiro atoms. The van der Waals surface area contributed by atoms with Gasteiger partial charge in [-0.25, -0.2) is 4.79 Å². The Morgan fingerprint density at radius 3 is 2.59 bits per heavy atom. The molecule has 3 aromatic rings. The lowest BCUT2D eigenvalue weighted by Crippen LogP contribution is -2.23. The van der Waals surface area contributed by atoms with Crippen molar-refractivity contribution in [2.24, 2.45) is 0 Å². The van der Waals surface area contributed by atoms with E-state index in [-0.39, 0.29) is 17.9 Å². The number of rotatable bonds is 12. The van der Waals surface area contributed by atoms with Crippen LogP contribution in [-0.2, 0) is 16.1 Å². The number of nitriles is 1. The van der Waals surface area contributed by atoms with E-state index in [1.54, 1.807) is 43.3 Å². The van der Waals surface area contributed by atoms with Crippen molar-refractivity contribution in [3.05, 3.63) is 89.4 Å². The number of nitrogens with zero attached hydrogens (tertiary/aromatic N) is 1. The lowest BCUT2D eigenvalue weighted by atomic mass is 10.1. The van der Waals surface area contributed by atoms with Gasteiger partial charge in [0.05, 0.1) is 26.0 Å². The maximum absolute atomic E-state index is 12.5. The van der Waals surface area contributed by atoms with Gasteiger partial charge in [0, 0.05) is 11.6 Å². The van der Waals surface area contributed by atoms with E-state index in [2.05, 4.69) is 5.32 Å². The molecule has 1 amide bonds. The van der Waals surface area contributed by atoms with Crippen LogP contribution in [0.15, 0.2) is 76.9 Å². The highest BCUT2D eigenvalue weighted by Crippen LogP contribution is 2.30. The lowest BCUT2D eigenvalue weighted by molar-refractivity contribution is -0.129. The van der Waals surface area contributed by atoms with Crippen molar-refractivity contribution in [1.82, 2.24) is 5.32 Å². The predicted octanol–water partition coefficient (Wildman–Crippen LogP) is 5.31. The van der Waals surface area contributed by atoms with Crippen molar-refractivity contribution in [2.45, 2.75) is 26.8 Å². The van der Waals surface area contributed by atoms with Gasteiger partial charge in [0.25, 0.3) is 5.91 Å². The van der Waals surface area contributed by atoms with Crippen LogP contribution in [-0.4, -0.2) is 25.1 Å². The smallest absolute Gasteiger partial charge is 0.336 e. The number of amides is 1. The number of nitrogens with one attached hydrogen (secondary N) is 1. The summed E-state index contributed by atoms with van der Waals surface area (Å²) in [5, 5.41) is 12.1. The average Bonchev–Trinajstić information content (AvgIpc) is 3.43. The summed E-state index contributed by atoms with van der Waals surface area (Å²) in [7, 11) is 0. The van der Waals surface area contributed by atoms with E-state index in [4.69, 9.17) is 18.6 Å². The van der Waals surface area contributed by atoms with E-state index in [0.29, 0.717) is 36.0 Å². The summed E-state index contributed by atoms with van der Waals surface area (Å²) in [6.07, 6.45) is 6.75. The van der Waals surface area contributed by atoms with E-state index >= 15 is 0 Å². The summed E-state index contributed by atoms with van der Waals surface area (Å²) in [4.78, 5) is 24.9. The zero-order chi connectivity index (χ0) is 26.5. The van der Waals surface area contributed by atoms with Crippen LogP contribution in [0.25, 0.3) is 12.2 Å². The summed E-state index contributed by atoms with van der Waals surface area (Å²) in [6, 6.07) is 17.5. The molecule has 0 radical (unpaired) electrons. The van der Waals surface area contributed by atoms with E-state index in [9.17, 15) is 14.9 Å². The molecule has 0 aliphatic carbocycles. The van der Waals surface area contributed by atoms with Gasteiger partial charge in [0.1, 0.15) is 23.2 Å². The van der Waals surface area contributed by atoms with Gasteiger partial charge in [-0.3, -0.25) is 4.79 Å². The highest BCUT2D eigenvalue weighted by atomic mass is 16.6. The van der Waals surface area contributed by atoms with Gasteiger partial charge in [-0.2, -0.15) is 5.26 Å². The summed E-state index contributed by atoms with van der Waals surface area (Å²) in [5.74, 6) is 0.635. The summed E-state index contributed by atoms with van der Waals surface area (Å²) < 4.78 is 22.0. The third-order valence-electron chi connectivity index (χ3n) is 4.94. The molecule has 2 aromatic carbocycles. The van der Waals surface area contributed by atoms with Crippen LogP contribution in [0.5, 0.6) is 17.2 Å². The van der Waals surface area contributed by atoms with Crippen LogP contribution in [0.3, 0.4) is 0 Å². The maximum atomic E-state index is 12.5. The fourth-order valence-electron chi connectivity index (χ4n) is 3.22. The molecule has 0 saturated carbocycles. The fourth-order valence-corrected chi connectivity index (χ4v) is 3.22. The molecule has 0 bridgehead atoms. The van der Waals surface area contributed by atoms with E-state index in [1.807, 2.05) is 37.3 Å².